The third kappa shape index (κ3) is 2.33. The summed E-state index contributed by atoms with van der Waals surface area (Å²) in [6.07, 6.45) is -4.48. The molecular formula is C10H9F3N4O. The Kier molecular flexibility index (Phi) is 3.28. The molecule has 0 unspecified atom stereocenters. The Hall–Kier alpha value is -1.96. The fraction of sp³-hybridized carbons (Fsp3) is 0.300. The van der Waals surface area contributed by atoms with Gasteiger partial charge >= 0.3 is 6.18 Å². The fourth-order valence-corrected chi connectivity index (χ4v) is 1.57. The number of rotatable bonds is 3. The van der Waals surface area contributed by atoms with Crippen molar-refractivity contribution < 1.29 is 18.3 Å². The van der Waals surface area contributed by atoms with Gasteiger partial charge in [-0.25, -0.2) is 4.68 Å². The topological polar surface area (TPSA) is 63.8 Å². The smallest absolute Gasteiger partial charge is 0.394 e. The first kappa shape index (κ1) is 12.5. The first-order valence-corrected chi connectivity index (χ1v) is 5.07. The number of alkyl halides is 3. The van der Waals surface area contributed by atoms with Crippen LogP contribution in [0.15, 0.2) is 24.3 Å². The van der Waals surface area contributed by atoms with Crippen LogP contribution in [0, 0.1) is 0 Å². The SMILES string of the molecule is OCCn1nnnc1-c1ccccc1C(F)(F)F. The van der Waals surface area contributed by atoms with Crippen molar-refractivity contribution in [2.24, 2.45) is 0 Å². The van der Waals surface area contributed by atoms with Gasteiger partial charge in [-0.15, -0.1) is 5.10 Å². The molecule has 2 rings (SSSR count). The van der Waals surface area contributed by atoms with Crippen molar-refractivity contribution in [1.29, 1.82) is 0 Å². The van der Waals surface area contributed by atoms with Crippen LogP contribution >= 0.6 is 0 Å². The van der Waals surface area contributed by atoms with Gasteiger partial charge in [-0.05, 0) is 16.5 Å². The molecule has 0 fully saturated rings. The van der Waals surface area contributed by atoms with Crippen molar-refractivity contribution in [3.8, 4) is 11.4 Å². The Labute approximate surface area is 99.9 Å². The van der Waals surface area contributed by atoms with Gasteiger partial charge in [0.2, 0.25) is 0 Å². The maximum absolute atomic E-state index is 12.8. The van der Waals surface area contributed by atoms with Gasteiger partial charge in [0.1, 0.15) is 0 Å². The van der Waals surface area contributed by atoms with Crippen LogP contribution in [0.5, 0.6) is 0 Å². The highest BCUT2D eigenvalue weighted by Crippen LogP contribution is 2.35. The summed E-state index contributed by atoms with van der Waals surface area (Å²) in [4.78, 5) is 0. The van der Waals surface area contributed by atoms with E-state index in [1.54, 1.807) is 0 Å². The van der Waals surface area contributed by atoms with Gasteiger partial charge in [0.25, 0.3) is 0 Å². The molecule has 0 amide bonds. The molecule has 2 aromatic rings. The van der Waals surface area contributed by atoms with E-state index in [0.717, 1.165) is 10.7 Å². The second kappa shape index (κ2) is 4.73. The summed E-state index contributed by atoms with van der Waals surface area (Å²) < 4.78 is 39.6. The quantitative estimate of drug-likeness (QED) is 0.902. The van der Waals surface area contributed by atoms with Crippen LogP contribution in [0.2, 0.25) is 0 Å². The average Bonchev–Trinajstić information content (AvgIpc) is 2.77. The summed E-state index contributed by atoms with van der Waals surface area (Å²) in [5.41, 5.74) is -0.914. The lowest BCUT2D eigenvalue weighted by Crippen LogP contribution is -2.11. The number of hydrogen-bond donors (Lipinski definition) is 1. The van der Waals surface area contributed by atoms with Gasteiger partial charge in [-0.1, -0.05) is 18.2 Å². The lowest BCUT2D eigenvalue weighted by molar-refractivity contribution is -0.137. The van der Waals surface area contributed by atoms with Gasteiger partial charge in [0, 0.05) is 5.56 Å². The zero-order valence-electron chi connectivity index (χ0n) is 9.09. The summed E-state index contributed by atoms with van der Waals surface area (Å²) in [6.45, 7) is -0.221. The Morgan fingerprint density at radius 2 is 1.94 bits per heavy atom. The van der Waals surface area contributed by atoms with E-state index in [1.807, 2.05) is 0 Å². The van der Waals surface area contributed by atoms with Crippen LogP contribution in [0.25, 0.3) is 11.4 Å². The molecule has 8 heteroatoms. The van der Waals surface area contributed by atoms with E-state index in [2.05, 4.69) is 15.5 Å². The third-order valence-electron chi connectivity index (χ3n) is 2.32. The molecule has 0 saturated carbocycles. The van der Waals surface area contributed by atoms with Crippen LogP contribution in [0.4, 0.5) is 13.2 Å². The fourth-order valence-electron chi connectivity index (χ4n) is 1.57. The van der Waals surface area contributed by atoms with Gasteiger partial charge in [0.05, 0.1) is 18.7 Å². The van der Waals surface area contributed by atoms with Crippen molar-refractivity contribution in [3.63, 3.8) is 0 Å². The monoisotopic (exact) mass is 258 g/mol. The minimum Gasteiger partial charge on any atom is -0.394 e. The van der Waals surface area contributed by atoms with Crippen LogP contribution in [0.1, 0.15) is 5.56 Å². The number of tetrazole rings is 1. The summed E-state index contributed by atoms with van der Waals surface area (Å²) in [5, 5.41) is 19.2. The molecule has 96 valence electrons. The molecule has 0 bridgehead atoms. The van der Waals surface area contributed by atoms with E-state index in [0.29, 0.717) is 0 Å². The van der Waals surface area contributed by atoms with Gasteiger partial charge in [-0.3, -0.25) is 0 Å². The van der Waals surface area contributed by atoms with Crippen LogP contribution < -0.4 is 0 Å². The van der Waals surface area contributed by atoms with Gasteiger partial charge in [-0.2, -0.15) is 13.2 Å². The van der Waals surface area contributed by atoms with E-state index in [9.17, 15) is 13.2 Å². The second-order valence-electron chi connectivity index (χ2n) is 3.49. The first-order valence-electron chi connectivity index (χ1n) is 5.07. The van der Waals surface area contributed by atoms with Gasteiger partial charge < -0.3 is 5.11 Å². The van der Waals surface area contributed by atoms with E-state index in [4.69, 9.17) is 5.11 Å². The molecule has 0 aliphatic carbocycles. The number of halogens is 3. The van der Waals surface area contributed by atoms with Crippen LogP contribution in [0.3, 0.4) is 0 Å². The molecule has 5 nitrogen and oxygen atoms in total. The first-order chi connectivity index (χ1) is 8.54. The molecule has 0 aliphatic heterocycles. The molecule has 0 atom stereocenters. The lowest BCUT2D eigenvalue weighted by atomic mass is 10.1. The normalized spacial score (nSPS) is 11.8. The third-order valence-corrected chi connectivity index (χ3v) is 2.32. The largest absolute Gasteiger partial charge is 0.417 e. The number of benzene rings is 1. The second-order valence-corrected chi connectivity index (χ2v) is 3.49. The summed E-state index contributed by atoms with van der Waals surface area (Å²) in [5.74, 6) is -0.0167. The number of aliphatic hydroxyl groups is 1. The zero-order chi connectivity index (χ0) is 13.2. The van der Waals surface area contributed by atoms with Gasteiger partial charge in [0.15, 0.2) is 5.82 Å². The minimum absolute atomic E-state index is 0.0167. The Balaban J connectivity index is 2.54. The van der Waals surface area contributed by atoms with Crippen LogP contribution in [-0.4, -0.2) is 31.9 Å². The maximum Gasteiger partial charge on any atom is 0.417 e. The Bertz CT molecular complexity index is 538. The zero-order valence-corrected chi connectivity index (χ0v) is 9.09. The number of aliphatic hydroxyl groups excluding tert-OH is 1. The highest BCUT2D eigenvalue weighted by atomic mass is 19.4. The Morgan fingerprint density at radius 3 is 2.61 bits per heavy atom. The standard InChI is InChI=1S/C10H9F3N4O/c11-10(12,13)8-4-2-1-3-7(8)9-14-15-16-17(9)5-6-18/h1-4,18H,5-6H2. The molecule has 18 heavy (non-hydrogen) atoms. The van der Waals surface area contributed by atoms with Crippen molar-refractivity contribution in [3.05, 3.63) is 29.8 Å². The summed E-state index contributed by atoms with van der Waals surface area (Å²) in [6, 6.07) is 5.03. The molecule has 1 heterocycles. The van der Waals surface area contributed by atoms with Crippen molar-refractivity contribution in [2.75, 3.05) is 6.61 Å². The van der Waals surface area contributed by atoms with E-state index in [1.165, 1.54) is 18.2 Å². The minimum atomic E-state index is -4.48. The van der Waals surface area contributed by atoms with Crippen LogP contribution in [-0.2, 0) is 12.7 Å². The maximum atomic E-state index is 12.8. The Morgan fingerprint density at radius 1 is 1.22 bits per heavy atom. The van der Waals surface area contributed by atoms with E-state index >= 15 is 0 Å². The molecule has 0 aliphatic rings. The van der Waals surface area contributed by atoms with Crippen molar-refractivity contribution in [1.82, 2.24) is 20.2 Å². The highest BCUT2D eigenvalue weighted by Gasteiger charge is 2.34. The van der Waals surface area contributed by atoms with Crippen molar-refractivity contribution in [2.45, 2.75) is 12.7 Å². The predicted octanol–water partition coefficient (Wildman–Crippen LogP) is 1.35. The number of nitrogens with zero attached hydrogens (tertiary/aromatic N) is 4. The summed E-state index contributed by atoms with van der Waals surface area (Å²) in [7, 11) is 0. The molecule has 1 aromatic carbocycles. The summed E-state index contributed by atoms with van der Waals surface area (Å²) >= 11 is 0. The number of hydrogen-bond acceptors (Lipinski definition) is 4. The molecule has 1 aromatic heterocycles. The molecule has 1 N–H and O–H groups in total. The molecule has 0 radical (unpaired) electrons. The lowest BCUT2D eigenvalue weighted by Gasteiger charge is -2.11. The molecule has 0 spiro atoms. The molecule has 0 saturated heterocycles. The molecular weight excluding hydrogens is 249 g/mol. The predicted molar refractivity (Wildman–Crippen MR) is 55.3 cm³/mol. The highest BCUT2D eigenvalue weighted by molar-refractivity contribution is 5.60. The van der Waals surface area contributed by atoms with E-state index in [-0.39, 0.29) is 24.5 Å². The average molecular weight is 258 g/mol. The number of aromatic nitrogens is 4. The van der Waals surface area contributed by atoms with Crippen molar-refractivity contribution >= 4 is 0 Å². The van der Waals surface area contributed by atoms with E-state index < -0.39 is 11.7 Å².